The van der Waals surface area contributed by atoms with Gasteiger partial charge in [0.1, 0.15) is 0 Å². The van der Waals surface area contributed by atoms with E-state index in [1.54, 1.807) is 12.1 Å². The molecule has 0 radical (unpaired) electrons. The summed E-state index contributed by atoms with van der Waals surface area (Å²) in [6.45, 7) is 1.92. The zero-order valence-corrected chi connectivity index (χ0v) is 8.56. The van der Waals surface area contributed by atoms with E-state index in [0.717, 1.165) is 11.1 Å². The van der Waals surface area contributed by atoms with Crippen LogP contribution in [0.1, 0.15) is 11.1 Å². The fourth-order valence-electron chi connectivity index (χ4n) is 0.875. The molecule has 3 heteroatoms. The van der Waals surface area contributed by atoms with Crippen LogP contribution < -0.4 is 0 Å². The molecule has 13 heavy (non-hydrogen) atoms. The molecule has 1 aromatic carbocycles. The summed E-state index contributed by atoms with van der Waals surface area (Å²) >= 11 is 11.0. The van der Waals surface area contributed by atoms with E-state index in [1.807, 2.05) is 19.1 Å². The van der Waals surface area contributed by atoms with Gasteiger partial charge in [0.25, 0.3) is 0 Å². The SMILES string of the molecule is Cc1ccc(/C=C/C(=O)Cl)cc1Cl. The van der Waals surface area contributed by atoms with Crippen molar-refractivity contribution in [2.45, 2.75) is 6.92 Å². The standard InChI is InChI=1S/C10H8Cl2O/c1-7-2-3-8(6-9(7)11)4-5-10(12)13/h2-6H,1H3/b5-4+. The minimum atomic E-state index is -0.489. The van der Waals surface area contributed by atoms with E-state index >= 15 is 0 Å². The first kappa shape index (κ1) is 10.3. The summed E-state index contributed by atoms with van der Waals surface area (Å²) in [7, 11) is 0. The van der Waals surface area contributed by atoms with Crippen LogP contribution >= 0.6 is 23.2 Å². The first-order chi connectivity index (χ1) is 6.09. The molecule has 0 saturated carbocycles. The molecule has 1 aromatic rings. The predicted molar refractivity (Wildman–Crippen MR) is 56.1 cm³/mol. The Morgan fingerprint density at radius 2 is 2.15 bits per heavy atom. The maximum Gasteiger partial charge on any atom is 0.245 e. The topological polar surface area (TPSA) is 17.1 Å². The third-order valence-corrected chi connectivity index (χ3v) is 2.14. The Labute approximate surface area is 87.0 Å². The summed E-state index contributed by atoms with van der Waals surface area (Å²) in [5, 5.41) is 0.195. The smallest absolute Gasteiger partial charge is 0.245 e. The molecule has 0 saturated heterocycles. The van der Waals surface area contributed by atoms with Crippen LogP contribution in [-0.2, 0) is 4.79 Å². The summed E-state index contributed by atoms with van der Waals surface area (Å²) in [4.78, 5) is 10.4. The van der Waals surface area contributed by atoms with Gasteiger partial charge in [-0.3, -0.25) is 4.79 Å². The summed E-state index contributed by atoms with van der Waals surface area (Å²) in [5.74, 6) is 0. The molecule has 68 valence electrons. The van der Waals surface area contributed by atoms with Crippen LogP contribution in [-0.4, -0.2) is 5.24 Å². The molecule has 0 N–H and O–H groups in total. The third-order valence-electron chi connectivity index (χ3n) is 1.60. The van der Waals surface area contributed by atoms with E-state index in [-0.39, 0.29) is 0 Å². The molecule has 1 rings (SSSR count). The van der Waals surface area contributed by atoms with Crippen molar-refractivity contribution in [2.24, 2.45) is 0 Å². The van der Waals surface area contributed by atoms with Crippen LogP contribution in [0.2, 0.25) is 5.02 Å². The van der Waals surface area contributed by atoms with E-state index in [2.05, 4.69) is 0 Å². The largest absolute Gasteiger partial charge is 0.276 e. The summed E-state index contributed by atoms with van der Waals surface area (Å²) in [6.07, 6.45) is 2.92. The molecule has 0 fully saturated rings. The molecular weight excluding hydrogens is 207 g/mol. The average Bonchev–Trinajstić information content (AvgIpc) is 2.07. The summed E-state index contributed by atoms with van der Waals surface area (Å²) in [6, 6.07) is 5.55. The maximum atomic E-state index is 10.4. The molecule has 0 aromatic heterocycles. The predicted octanol–water partition coefficient (Wildman–Crippen LogP) is 3.43. The van der Waals surface area contributed by atoms with Crippen molar-refractivity contribution >= 4 is 34.5 Å². The fraction of sp³-hybridized carbons (Fsp3) is 0.100. The third kappa shape index (κ3) is 3.21. The Kier molecular flexibility index (Phi) is 3.52. The lowest BCUT2D eigenvalue weighted by atomic mass is 10.1. The lowest BCUT2D eigenvalue weighted by molar-refractivity contribution is -0.107. The van der Waals surface area contributed by atoms with Gasteiger partial charge in [-0.15, -0.1) is 0 Å². The second-order valence-corrected chi connectivity index (χ2v) is 3.43. The number of rotatable bonds is 2. The lowest BCUT2D eigenvalue weighted by Crippen LogP contribution is -1.79. The first-order valence-corrected chi connectivity index (χ1v) is 4.49. The Morgan fingerprint density at radius 1 is 1.46 bits per heavy atom. The van der Waals surface area contributed by atoms with Gasteiger partial charge in [-0.05, 0) is 41.8 Å². The molecule has 0 bridgehead atoms. The lowest BCUT2D eigenvalue weighted by Gasteiger charge is -1.97. The highest BCUT2D eigenvalue weighted by atomic mass is 35.5. The van der Waals surface area contributed by atoms with Crippen molar-refractivity contribution in [3.8, 4) is 0 Å². The van der Waals surface area contributed by atoms with Gasteiger partial charge in [0.05, 0.1) is 0 Å². The number of benzene rings is 1. The molecule has 0 heterocycles. The zero-order valence-electron chi connectivity index (χ0n) is 7.05. The Hall–Kier alpha value is -0.790. The summed E-state index contributed by atoms with van der Waals surface area (Å²) in [5.41, 5.74) is 1.88. The number of halogens is 2. The Balaban J connectivity index is 2.92. The Bertz CT molecular complexity index is 356. The molecule has 0 aliphatic heterocycles. The first-order valence-electron chi connectivity index (χ1n) is 3.73. The minimum absolute atomic E-state index is 0.489. The Morgan fingerprint density at radius 3 is 2.69 bits per heavy atom. The second-order valence-electron chi connectivity index (χ2n) is 2.65. The summed E-state index contributed by atoms with van der Waals surface area (Å²) < 4.78 is 0. The second kappa shape index (κ2) is 4.45. The molecule has 0 unspecified atom stereocenters. The molecule has 1 nitrogen and oxygen atoms in total. The van der Waals surface area contributed by atoms with Crippen LogP contribution in [0.25, 0.3) is 6.08 Å². The number of allylic oxidation sites excluding steroid dienone is 1. The van der Waals surface area contributed by atoms with Crippen LogP contribution in [0.4, 0.5) is 0 Å². The van der Waals surface area contributed by atoms with E-state index in [0.29, 0.717) is 5.02 Å². The van der Waals surface area contributed by atoms with Crippen molar-refractivity contribution in [1.29, 1.82) is 0 Å². The van der Waals surface area contributed by atoms with Crippen LogP contribution in [0.5, 0.6) is 0 Å². The highest BCUT2D eigenvalue weighted by Crippen LogP contribution is 2.17. The zero-order chi connectivity index (χ0) is 9.84. The molecule has 0 aliphatic carbocycles. The van der Waals surface area contributed by atoms with Gasteiger partial charge in [0.15, 0.2) is 0 Å². The van der Waals surface area contributed by atoms with Crippen molar-refractivity contribution < 1.29 is 4.79 Å². The van der Waals surface area contributed by atoms with Crippen LogP contribution in [0.15, 0.2) is 24.3 Å². The van der Waals surface area contributed by atoms with Gasteiger partial charge in [-0.1, -0.05) is 29.8 Å². The number of carbonyl (C=O) groups is 1. The monoisotopic (exact) mass is 214 g/mol. The van der Waals surface area contributed by atoms with E-state index < -0.39 is 5.24 Å². The average molecular weight is 215 g/mol. The molecule has 0 atom stereocenters. The fourth-order valence-corrected chi connectivity index (χ4v) is 1.13. The molecular formula is C10H8Cl2O. The quantitative estimate of drug-likeness (QED) is 0.545. The van der Waals surface area contributed by atoms with E-state index in [4.69, 9.17) is 23.2 Å². The van der Waals surface area contributed by atoms with E-state index in [1.165, 1.54) is 6.08 Å². The highest BCUT2D eigenvalue weighted by Gasteiger charge is 1.95. The van der Waals surface area contributed by atoms with Crippen molar-refractivity contribution in [1.82, 2.24) is 0 Å². The van der Waals surface area contributed by atoms with Gasteiger partial charge in [0, 0.05) is 5.02 Å². The maximum absolute atomic E-state index is 10.4. The normalized spacial score (nSPS) is 10.7. The molecule has 0 aliphatic rings. The van der Waals surface area contributed by atoms with E-state index in [9.17, 15) is 4.79 Å². The van der Waals surface area contributed by atoms with Gasteiger partial charge in [-0.25, -0.2) is 0 Å². The minimum Gasteiger partial charge on any atom is -0.276 e. The van der Waals surface area contributed by atoms with Gasteiger partial charge >= 0.3 is 0 Å². The number of hydrogen-bond acceptors (Lipinski definition) is 1. The van der Waals surface area contributed by atoms with Crippen molar-refractivity contribution in [2.75, 3.05) is 0 Å². The number of aryl methyl sites for hydroxylation is 1. The van der Waals surface area contributed by atoms with Gasteiger partial charge < -0.3 is 0 Å². The van der Waals surface area contributed by atoms with Crippen LogP contribution in [0.3, 0.4) is 0 Å². The molecule has 0 amide bonds. The van der Waals surface area contributed by atoms with Gasteiger partial charge in [-0.2, -0.15) is 0 Å². The van der Waals surface area contributed by atoms with Crippen molar-refractivity contribution in [3.05, 3.63) is 40.4 Å². The van der Waals surface area contributed by atoms with Crippen LogP contribution in [0, 0.1) is 6.92 Å². The van der Waals surface area contributed by atoms with Gasteiger partial charge in [0.2, 0.25) is 5.24 Å². The highest BCUT2D eigenvalue weighted by molar-refractivity contribution is 6.66. The molecule has 0 spiro atoms. The number of carbonyl (C=O) groups excluding carboxylic acids is 1. The van der Waals surface area contributed by atoms with Crippen molar-refractivity contribution in [3.63, 3.8) is 0 Å². The number of hydrogen-bond donors (Lipinski definition) is 0.